The Morgan fingerprint density at radius 2 is 2.07 bits per heavy atom. The Morgan fingerprint density at radius 3 is 2.70 bits per heavy atom. The first kappa shape index (κ1) is 20.8. The number of ether oxygens (including phenoxy) is 1. The van der Waals surface area contributed by atoms with Crippen LogP contribution in [0.15, 0.2) is 23.1 Å². The topological polar surface area (TPSA) is 98.8 Å². The summed E-state index contributed by atoms with van der Waals surface area (Å²) in [4.78, 5) is 30.7. The highest BCUT2D eigenvalue weighted by Crippen LogP contribution is 2.41. The molecule has 0 aromatic carbocycles. The Hall–Kier alpha value is -2.49. The minimum atomic E-state index is -0.641. The van der Waals surface area contributed by atoms with Crippen LogP contribution in [0.2, 0.25) is 0 Å². The van der Waals surface area contributed by atoms with Crippen molar-refractivity contribution in [1.82, 2.24) is 20.0 Å². The van der Waals surface area contributed by atoms with Crippen LogP contribution in [0, 0.1) is 13.8 Å². The number of aromatic nitrogens is 2. The average molecular weight is 431 g/mol. The van der Waals surface area contributed by atoms with Crippen LogP contribution in [0.4, 0.5) is 0 Å². The minimum Gasteiger partial charge on any atom is -0.507 e. The van der Waals surface area contributed by atoms with Crippen molar-refractivity contribution in [3.8, 4) is 0 Å². The van der Waals surface area contributed by atoms with E-state index in [-0.39, 0.29) is 11.3 Å². The number of aliphatic hydroxyl groups excluding tert-OH is 1. The molecule has 2 aromatic heterocycles. The lowest BCUT2D eigenvalue weighted by molar-refractivity contribution is -0.140. The number of rotatable bonds is 6. The summed E-state index contributed by atoms with van der Waals surface area (Å²) < 4.78 is 5.38. The van der Waals surface area contributed by atoms with Gasteiger partial charge in [0.15, 0.2) is 0 Å². The number of aromatic amines is 1. The summed E-state index contributed by atoms with van der Waals surface area (Å²) in [7, 11) is 0. The molecule has 0 aliphatic carbocycles. The van der Waals surface area contributed by atoms with Crippen LogP contribution in [0.5, 0.6) is 0 Å². The first-order chi connectivity index (χ1) is 14.5. The van der Waals surface area contributed by atoms with E-state index in [2.05, 4.69) is 15.1 Å². The number of carbonyl (C=O) groups excluding carboxylic acids is 2. The Morgan fingerprint density at radius 1 is 1.30 bits per heavy atom. The summed E-state index contributed by atoms with van der Waals surface area (Å²) in [5.74, 6) is -1.36. The number of H-pyrrole nitrogens is 1. The highest BCUT2D eigenvalue weighted by atomic mass is 32.1. The van der Waals surface area contributed by atoms with Crippen molar-refractivity contribution in [3.63, 3.8) is 0 Å². The fraction of sp³-hybridized carbons (Fsp3) is 0.476. The second kappa shape index (κ2) is 8.71. The first-order valence-corrected chi connectivity index (χ1v) is 11.0. The van der Waals surface area contributed by atoms with E-state index < -0.39 is 17.7 Å². The summed E-state index contributed by atoms with van der Waals surface area (Å²) in [6.07, 6.45) is 0.749. The summed E-state index contributed by atoms with van der Waals surface area (Å²) in [6, 6.07) is 3.21. The van der Waals surface area contributed by atoms with Crippen LogP contribution in [0.25, 0.3) is 5.76 Å². The molecule has 2 saturated heterocycles. The lowest BCUT2D eigenvalue weighted by Crippen LogP contribution is -2.38. The van der Waals surface area contributed by atoms with Crippen LogP contribution in [0.1, 0.15) is 34.3 Å². The molecule has 2 aliphatic heterocycles. The van der Waals surface area contributed by atoms with Gasteiger partial charge in [-0.25, -0.2) is 0 Å². The third kappa shape index (κ3) is 3.80. The monoisotopic (exact) mass is 430 g/mol. The summed E-state index contributed by atoms with van der Waals surface area (Å²) in [5.41, 5.74) is 1.88. The molecule has 2 N–H and O–H groups in total. The van der Waals surface area contributed by atoms with Gasteiger partial charge in [-0.2, -0.15) is 5.10 Å². The van der Waals surface area contributed by atoms with Crippen molar-refractivity contribution < 1.29 is 19.4 Å². The molecule has 2 aromatic rings. The van der Waals surface area contributed by atoms with E-state index in [4.69, 9.17) is 4.74 Å². The lowest BCUT2D eigenvalue weighted by atomic mass is 9.99. The van der Waals surface area contributed by atoms with Crippen molar-refractivity contribution in [3.05, 3.63) is 44.9 Å². The highest BCUT2D eigenvalue weighted by molar-refractivity contribution is 7.10. The number of hydrogen-bond acceptors (Lipinski definition) is 7. The standard InChI is InChI=1S/C21H26N4O4S/c1-13-16(14(2)23-22-13)19(26)17-18(15-5-3-12-30-15)25(21(28)20(17)27)7-4-6-24-8-10-29-11-9-24/h3,5,12,18,26H,4,6-11H2,1-2H3,(H,22,23). The zero-order valence-corrected chi connectivity index (χ0v) is 18.0. The molecular formula is C21H26N4O4S. The van der Waals surface area contributed by atoms with Crippen LogP contribution in [-0.2, 0) is 14.3 Å². The molecule has 8 nitrogen and oxygen atoms in total. The molecule has 0 saturated carbocycles. The van der Waals surface area contributed by atoms with Crippen molar-refractivity contribution in [2.45, 2.75) is 26.3 Å². The molecular weight excluding hydrogens is 404 g/mol. The molecule has 2 fully saturated rings. The Bertz CT molecular complexity index is 940. The number of thiophene rings is 1. The summed E-state index contributed by atoms with van der Waals surface area (Å²) in [6.45, 7) is 8.05. The second-order valence-corrected chi connectivity index (χ2v) is 8.60. The van der Waals surface area contributed by atoms with Gasteiger partial charge in [0.05, 0.1) is 36.1 Å². The molecule has 2 aliphatic rings. The van der Waals surface area contributed by atoms with E-state index in [0.29, 0.717) is 23.5 Å². The summed E-state index contributed by atoms with van der Waals surface area (Å²) >= 11 is 1.47. The number of Topliss-reactive ketones (excluding diaryl/α,β-unsaturated/α-hetero) is 1. The molecule has 4 rings (SSSR count). The van der Waals surface area contributed by atoms with Gasteiger partial charge in [0.2, 0.25) is 0 Å². The second-order valence-electron chi connectivity index (χ2n) is 7.62. The molecule has 9 heteroatoms. The third-order valence-corrected chi connectivity index (χ3v) is 6.62. The maximum atomic E-state index is 13.0. The van der Waals surface area contributed by atoms with Gasteiger partial charge in [-0.3, -0.25) is 19.6 Å². The predicted molar refractivity (Wildman–Crippen MR) is 113 cm³/mol. The van der Waals surface area contributed by atoms with Gasteiger partial charge in [0.1, 0.15) is 5.76 Å². The Balaban J connectivity index is 1.64. The van der Waals surface area contributed by atoms with Crippen molar-refractivity contribution in [2.24, 2.45) is 0 Å². The normalized spacial score (nSPS) is 22.2. The van der Waals surface area contributed by atoms with Gasteiger partial charge >= 0.3 is 0 Å². The maximum absolute atomic E-state index is 13.0. The molecule has 30 heavy (non-hydrogen) atoms. The van der Waals surface area contributed by atoms with E-state index in [0.717, 1.165) is 44.1 Å². The minimum absolute atomic E-state index is 0.140. The molecule has 1 amide bonds. The number of amides is 1. The van der Waals surface area contributed by atoms with E-state index in [9.17, 15) is 14.7 Å². The smallest absolute Gasteiger partial charge is 0.295 e. The first-order valence-electron chi connectivity index (χ1n) is 10.1. The van der Waals surface area contributed by atoms with Gasteiger partial charge in [-0.1, -0.05) is 6.07 Å². The van der Waals surface area contributed by atoms with Crippen molar-refractivity contribution in [1.29, 1.82) is 0 Å². The number of carbonyl (C=O) groups is 2. The SMILES string of the molecule is Cc1n[nH]c(C)c1C(O)=C1C(=O)C(=O)N(CCCN2CCOCC2)C1c1cccs1. The highest BCUT2D eigenvalue weighted by Gasteiger charge is 2.46. The number of ketones is 1. The zero-order chi connectivity index (χ0) is 21.3. The van der Waals surface area contributed by atoms with E-state index in [1.165, 1.54) is 11.3 Å². The maximum Gasteiger partial charge on any atom is 0.295 e. The zero-order valence-electron chi connectivity index (χ0n) is 17.2. The molecule has 1 unspecified atom stereocenters. The predicted octanol–water partition coefficient (Wildman–Crippen LogP) is 2.23. The summed E-state index contributed by atoms with van der Waals surface area (Å²) in [5, 5.41) is 19.9. The molecule has 1 atom stereocenters. The van der Waals surface area contributed by atoms with Gasteiger partial charge in [-0.05, 0) is 31.7 Å². The number of aliphatic hydroxyl groups is 1. The number of likely N-dealkylation sites (tertiary alicyclic amines) is 1. The van der Waals surface area contributed by atoms with Crippen LogP contribution < -0.4 is 0 Å². The van der Waals surface area contributed by atoms with Crippen molar-refractivity contribution in [2.75, 3.05) is 39.4 Å². The lowest BCUT2D eigenvalue weighted by Gasteiger charge is -2.28. The molecule has 0 spiro atoms. The van der Waals surface area contributed by atoms with E-state index >= 15 is 0 Å². The molecule has 0 radical (unpaired) electrons. The Labute approximate surface area is 179 Å². The number of morpholine rings is 1. The van der Waals surface area contributed by atoms with Crippen LogP contribution in [0.3, 0.4) is 0 Å². The van der Waals surface area contributed by atoms with E-state index in [1.54, 1.807) is 18.7 Å². The van der Waals surface area contributed by atoms with Gasteiger partial charge in [0.25, 0.3) is 11.7 Å². The molecule has 0 bridgehead atoms. The molecule has 160 valence electrons. The van der Waals surface area contributed by atoms with Crippen LogP contribution >= 0.6 is 11.3 Å². The third-order valence-electron chi connectivity index (χ3n) is 5.69. The van der Waals surface area contributed by atoms with Gasteiger partial charge < -0.3 is 14.7 Å². The van der Waals surface area contributed by atoms with Gasteiger partial charge in [0, 0.05) is 36.8 Å². The van der Waals surface area contributed by atoms with Gasteiger partial charge in [-0.15, -0.1) is 11.3 Å². The fourth-order valence-corrected chi connectivity index (χ4v) is 5.02. The van der Waals surface area contributed by atoms with E-state index in [1.807, 2.05) is 17.5 Å². The number of nitrogens with zero attached hydrogens (tertiary/aromatic N) is 3. The molecule has 4 heterocycles. The average Bonchev–Trinajstić information content (AvgIpc) is 3.44. The number of nitrogens with one attached hydrogen (secondary N) is 1. The fourth-order valence-electron chi connectivity index (χ4n) is 4.18. The Kier molecular flexibility index (Phi) is 6.03. The van der Waals surface area contributed by atoms with Crippen molar-refractivity contribution >= 4 is 28.8 Å². The largest absolute Gasteiger partial charge is 0.507 e. The number of aryl methyl sites for hydroxylation is 2. The van der Waals surface area contributed by atoms with Crippen LogP contribution in [-0.4, -0.2) is 76.2 Å². The quantitative estimate of drug-likeness (QED) is 0.414. The number of hydrogen-bond donors (Lipinski definition) is 2.